The van der Waals surface area contributed by atoms with Crippen LogP contribution in [-0.2, 0) is 10.0 Å². The molecule has 1 aliphatic rings. The van der Waals surface area contributed by atoms with Crippen molar-refractivity contribution in [3.63, 3.8) is 0 Å². The van der Waals surface area contributed by atoms with Crippen LogP contribution in [0, 0.1) is 13.8 Å². The lowest BCUT2D eigenvalue weighted by atomic mass is 10.1. The van der Waals surface area contributed by atoms with E-state index in [1.54, 1.807) is 16.4 Å². The van der Waals surface area contributed by atoms with Gasteiger partial charge in [-0.2, -0.15) is 4.31 Å². The summed E-state index contributed by atoms with van der Waals surface area (Å²) in [4.78, 5) is 12.8. The summed E-state index contributed by atoms with van der Waals surface area (Å²) in [5, 5.41) is 2.90. The summed E-state index contributed by atoms with van der Waals surface area (Å²) in [5.74, 6) is -0.251. The van der Waals surface area contributed by atoms with Crippen LogP contribution in [0.15, 0.2) is 47.4 Å². The summed E-state index contributed by atoms with van der Waals surface area (Å²) in [5.41, 5.74) is 3.24. The van der Waals surface area contributed by atoms with E-state index in [0.29, 0.717) is 12.1 Å². The van der Waals surface area contributed by atoms with E-state index in [9.17, 15) is 13.2 Å². The Bertz CT molecular complexity index is 936. The van der Waals surface area contributed by atoms with Crippen LogP contribution in [-0.4, -0.2) is 31.2 Å². The first-order valence-electron chi connectivity index (χ1n) is 9.29. The normalized spacial score (nSPS) is 18.3. The smallest absolute Gasteiger partial charge is 0.255 e. The van der Waals surface area contributed by atoms with Crippen molar-refractivity contribution in [2.24, 2.45) is 0 Å². The molecule has 0 spiro atoms. The van der Waals surface area contributed by atoms with Crippen LogP contribution in [0.1, 0.15) is 47.7 Å². The van der Waals surface area contributed by atoms with Crippen LogP contribution in [0.5, 0.6) is 0 Å². The van der Waals surface area contributed by atoms with Crippen molar-refractivity contribution in [3.05, 3.63) is 59.2 Å². The first-order chi connectivity index (χ1) is 12.8. The van der Waals surface area contributed by atoms with Crippen LogP contribution >= 0.6 is 0 Å². The highest BCUT2D eigenvalue weighted by Gasteiger charge is 2.30. The number of nitrogens with zero attached hydrogens (tertiary/aromatic N) is 1. The standard InChI is InChI=1S/C21H26N2O3S/c1-15-7-8-16(2)20(14-15)22-21(24)18-9-11-19(12-10-18)27(25,26)23-13-5-4-6-17(23)3/h7-12,14,17H,4-6,13H2,1-3H3,(H,22,24)/t17-/m1/s1. The largest absolute Gasteiger partial charge is 0.322 e. The van der Waals surface area contributed by atoms with Gasteiger partial charge in [0, 0.05) is 23.8 Å². The molecule has 1 heterocycles. The zero-order valence-electron chi connectivity index (χ0n) is 16.0. The second-order valence-corrected chi connectivity index (χ2v) is 9.15. The van der Waals surface area contributed by atoms with Crippen molar-refractivity contribution >= 4 is 21.6 Å². The third-order valence-electron chi connectivity index (χ3n) is 5.11. The molecule has 1 N–H and O–H groups in total. The van der Waals surface area contributed by atoms with Gasteiger partial charge in [0.1, 0.15) is 0 Å². The number of nitrogens with one attached hydrogen (secondary N) is 1. The Morgan fingerprint density at radius 2 is 1.78 bits per heavy atom. The molecule has 144 valence electrons. The summed E-state index contributed by atoms with van der Waals surface area (Å²) in [6.07, 6.45) is 2.83. The topological polar surface area (TPSA) is 66.5 Å². The molecule has 2 aromatic rings. The lowest BCUT2D eigenvalue weighted by Crippen LogP contribution is -2.41. The van der Waals surface area contributed by atoms with Gasteiger partial charge in [-0.15, -0.1) is 0 Å². The second-order valence-electron chi connectivity index (χ2n) is 7.26. The minimum absolute atomic E-state index is 0.0102. The fourth-order valence-electron chi connectivity index (χ4n) is 3.41. The van der Waals surface area contributed by atoms with Gasteiger partial charge in [0.15, 0.2) is 0 Å². The lowest BCUT2D eigenvalue weighted by molar-refractivity contribution is 0.102. The zero-order chi connectivity index (χ0) is 19.6. The number of carbonyl (C=O) groups excluding carboxylic acids is 1. The minimum Gasteiger partial charge on any atom is -0.322 e. The Balaban J connectivity index is 1.78. The third-order valence-corrected chi connectivity index (χ3v) is 7.13. The van der Waals surface area contributed by atoms with Crippen molar-refractivity contribution in [1.29, 1.82) is 0 Å². The maximum Gasteiger partial charge on any atom is 0.255 e. The summed E-state index contributed by atoms with van der Waals surface area (Å²) >= 11 is 0. The zero-order valence-corrected chi connectivity index (χ0v) is 16.8. The predicted molar refractivity (Wildman–Crippen MR) is 108 cm³/mol. The van der Waals surface area contributed by atoms with Crippen molar-refractivity contribution in [2.75, 3.05) is 11.9 Å². The van der Waals surface area contributed by atoms with E-state index in [0.717, 1.165) is 36.1 Å². The van der Waals surface area contributed by atoms with E-state index in [4.69, 9.17) is 0 Å². The van der Waals surface area contributed by atoms with Crippen LogP contribution in [0.25, 0.3) is 0 Å². The summed E-state index contributed by atoms with van der Waals surface area (Å²) in [7, 11) is -3.52. The Labute approximate surface area is 161 Å². The van der Waals surface area contributed by atoms with E-state index >= 15 is 0 Å². The number of aryl methyl sites for hydroxylation is 2. The molecule has 1 fully saturated rings. The number of sulfonamides is 1. The molecule has 1 saturated heterocycles. The van der Waals surface area contributed by atoms with Gasteiger partial charge in [0.05, 0.1) is 4.90 Å². The van der Waals surface area contributed by atoms with Crippen LogP contribution in [0.2, 0.25) is 0 Å². The number of benzene rings is 2. The quantitative estimate of drug-likeness (QED) is 0.859. The Morgan fingerprint density at radius 3 is 2.44 bits per heavy atom. The predicted octanol–water partition coefficient (Wildman–Crippen LogP) is 4.12. The van der Waals surface area contributed by atoms with Crippen LogP contribution < -0.4 is 5.32 Å². The molecular weight excluding hydrogens is 360 g/mol. The van der Waals surface area contributed by atoms with Gasteiger partial charge in [-0.05, 0) is 75.1 Å². The molecule has 0 radical (unpaired) electrons. The van der Waals surface area contributed by atoms with Gasteiger partial charge in [-0.25, -0.2) is 8.42 Å². The molecule has 5 nitrogen and oxygen atoms in total. The molecule has 0 unspecified atom stereocenters. The molecule has 0 bridgehead atoms. The van der Waals surface area contributed by atoms with E-state index < -0.39 is 10.0 Å². The number of anilines is 1. The molecule has 0 saturated carbocycles. The number of hydrogen-bond acceptors (Lipinski definition) is 3. The number of carbonyl (C=O) groups is 1. The van der Waals surface area contributed by atoms with Gasteiger partial charge in [0.25, 0.3) is 5.91 Å². The molecule has 2 aromatic carbocycles. The van der Waals surface area contributed by atoms with Gasteiger partial charge < -0.3 is 5.32 Å². The monoisotopic (exact) mass is 386 g/mol. The molecule has 1 atom stereocenters. The number of hydrogen-bond donors (Lipinski definition) is 1. The fraction of sp³-hybridized carbons (Fsp3) is 0.381. The van der Waals surface area contributed by atoms with Gasteiger partial charge in [-0.1, -0.05) is 18.6 Å². The molecule has 3 rings (SSSR count). The summed E-state index contributed by atoms with van der Waals surface area (Å²) in [6, 6.07) is 12.1. The Kier molecular flexibility index (Phi) is 5.67. The number of rotatable bonds is 4. The fourth-order valence-corrected chi connectivity index (χ4v) is 5.11. The van der Waals surface area contributed by atoms with Crippen molar-refractivity contribution < 1.29 is 13.2 Å². The molecular formula is C21H26N2O3S. The summed E-state index contributed by atoms with van der Waals surface area (Å²) < 4.78 is 27.3. The second kappa shape index (κ2) is 7.82. The van der Waals surface area contributed by atoms with Crippen molar-refractivity contribution in [3.8, 4) is 0 Å². The minimum atomic E-state index is -3.52. The van der Waals surface area contributed by atoms with Gasteiger partial charge in [-0.3, -0.25) is 4.79 Å². The highest BCUT2D eigenvalue weighted by Crippen LogP contribution is 2.25. The van der Waals surface area contributed by atoms with E-state index in [-0.39, 0.29) is 16.8 Å². The van der Waals surface area contributed by atoms with Gasteiger partial charge in [0.2, 0.25) is 10.0 Å². The number of piperidine rings is 1. The van der Waals surface area contributed by atoms with Crippen molar-refractivity contribution in [1.82, 2.24) is 4.31 Å². The average Bonchev–Trinajstić information content (AvgIpc) is 2.65. The van der Waals surface area contributed by atoms with E-state index in [1.165, 1.54) is 12.1 Å². The first kappa shape index (κ1) is 19.6. The van der Waals surface area contributed by atoms with E-state index in [1.807, 2.05) is 39.0 Å². The molecule has 6 heteroatoms. The highest BCUT2D eigenvalue weighted by molar-refractivity contribution is 7.89. The maximum absolute atomic E-state index is 12.9. The van der Waals surface area contributed by atoms with Gasteiger partial charge >= 0.3 is 0 Å². The molecule has 1 amide bonds. The van der Waals surface area contributed by atoms with E-state index in [2.05, 4.69) is 5.32 Å². The highest BCUT2D eigenvalue weighted by atomic mass is 32.2. The molecule has 27 heavy (non-hydrogen) atoms. The molecule has 0 aromatic heterocycles. The molecule has 0 aliphatic carbocycles. The summed E-state index contributed by atoms with van der Waals surface area (Å²) in [6.45, 7) is 6.40. The Hall–Kier alpha value is -2.18. The maximum atomic E-state index is 12.9. The van der Waals surface area contributed by atoms with Crippen molar-refractivity contribution in [2.45, 2.75) is 51.0 Å². The van der Waals surface area contributed by atoms with Crippen LogP contribution in [0.3, 0.4) is 0 Å². The average molecular weight is 387 g/mol. The SMILES string of the molecule is Cc1ccc(C)c(NC(=O)c2ccc(S(=O)(=O)N3CCCC[C@H]3C)cc2)c1. The molecule has 1 aliphatic heterocycles. The first-order valence-corrected chi connectivity index (χ1v) is 10.7. The Morgan fingerprint density at radius 1 is 1.07 bits per heavy atom. The van der Waals surface area contributed by atoms with Crippen LogP contribution in [0.4, 0.5) is 5.69 Å². The third kappa shape index (κ3) is 4.22. The number of amides is 1. The lowest BCUT2D eigenvalue weighted by Gasteiger charge is -2.32.